The first-order chi connectivity index (χ1) is 6.23. The summed E-state index contributed by atoms with van der Waals surface area (Å²) in [4.78, 5) is 0. The smallest absolute Gasteiger partial charge is 0.0644 e. The minimum atomic E-state index is -0.0948. The fourth-order valence-electron chi connectivity index (χ4n) is 2.08. The predicted octanol–water partition coefficient (Wildman–Crippen LogP) is 2.95. The highest BCUT2D eigenvalue weighted by molar-refractivity contribution is 4.75. The van der Waals surface area contributed by atoms with E-state index < -0.39 is 0 Å². The normalized spacial score (nSPS) is 17.1. The molecular formula is C12H27NO. The molecule has 0 saturated carbocycles. The lowest BCUT2D eigenvalue weighted by Gasteiger charge is -2.31. The summed E-state index contributed by atoms with van der Waals surface area (Å²) in [6.07, 6.45) is 2.35. The summed E-state index contributed by atoms with van der Waals surface area (Å²) in [5, 5.41) is 0. The lowest BCUT2D eigenvalue weighted by molar-refractivity contribution is -0.0769. The van der Waals surface area contributed by atoms with Crippen LogP contribution in [0, 0.1) is 5.92 Å². The Bertz CT molecular complexity index is 152. The van der Waals surface area contributed by atoms with Crippen LogP contribution in [-0.4, -0.2) is 17.7 Å². The van der Waals surface area contributed by atoms with E-state index in [0.717, 1.165) is 12.8 Å². The molecule has 0 aliphatic carbocycles. The molecule has 2 atom stereocenters. The molecule has 0 heterocycles. The molecule has 14 heavy (non-hydrogen) atoms. The molecule has 0 saturated heterocycles. The summed E-state index contributed by atoms with van der Waals surface area (Å²) in [5.41, 5.74) is 5.68. The Labute approximate surface area is 89.2 Å². The second-order valence-corrected chi connectivity index (χ2v) is 5.50. The van der Waals surface area contributed by atoms with Crippen LogP contribution in [0.3, 0.4) is 0 Å². The van der Waals surface area contributed by atoms with E-state index >= 15 is 0 Å². The molecule has 0 spiro atoms. The first kappa shape index (κ1) is 13.9. The molecule has 0 bridgehead atoms. The van der Waals surface area contributed by atoms with Crippen LogP contribution in [0.4, 0.5) is 0 Å². The van der Waals surface area contributed by atoms with Gasteiger partial charge in [0.05, 0.1) is 11.7 Å². The van der Waals surface area contributed by atoms with Crippen molar-refractivity contribution in [3.63, 3.8) is 0 Å². The molecule has 0 aromatic rings. The lowest BCUT2D eigenvalue weighted by atomic mass is 9.99. The zero-order valence-corrected chi connectivity index (χ0v) is 10.6. The van der Waals surface area contributed by atoms with Crippen molar-refractivity contribution in [1.29, 1.82) is 0 Å². The SMILES string of the molecule is CC(C)CC(C)OC(C)(C)CC(C)N. The molecular weight excluding hydrogens is 174 g/mol. The van der Waals surface area contributed by atoms with Crippen LogP contribution in [0.15, 0.2) is 0 Å². The third kappa shape index (κ3) is 7.34. The Kier molecular flexibility index (Phi) is 5.68. The van der Waals surface area contributed by atoms with Crippen molar-refractivity contribution in [3.05, 3.63) is 0 Å². The second kappa shape index (κ2) is 5.72. The number of hydrogen-bond acceptors (Lipinski definition) is 2. The second-order valence-electron chi connectivity index (χ2n) is 5.50. The average Bonchev–Trinajstić information content (AvgIpc) is 1.77. The third-order valence-corrected chi connectivity index (χ3v) is 2.14. The summed E-state index contributed by atoms with van der Waals surface area (Å²) in [6.45, 7) is 12.8. The van der Waals surface area contributed by atoms with Crippen molar-refractivity contribution in [2.24, 2.45) is 11.7 Å². The highest BCUT2D eigenvalue weighted by atomic mass is 16.5. The Balaban J connectivity index is 3.94. The summed E-state index contributed by atoms with van der Waals surface area (Å²) < 4.78 is 5.98. The number of ether oxygens (including phenoxy) is 1. The van der Waals surface area contributed by atoms with Gasteiger partial charge in [-0.15, -0.1) is 0 Å². The number of rotatable bonds is 6. The van der Waals surface area contributed by atoms with Crippen LogP contribution in [0.5, 0.6) is 0 Å². The van der Waals surface area contributed by atoms with Gasteiger partial charge < -0.3 is 10.5 Å². The van der Waals surface area contributed by atoms with E-state index in [-0.39, 0.29) is 11.6 Å². The van der Waals surface area contributed by atoms with Gasteiger partial charge in [0.1, 0.15) is 0 Å². The standard InChI is InChI=1S/C12H27NO/c1-9(2)7-11(4)14-12(5,6)8-10(3)13/h9-11H,7-8,13H2,1-6H3. The molecule has 0 aromatic carbocycles. The first-order valence-corrected chi connectivity index (χ1v) is 5.66. The molecule has 0 aliphatic rings. The Morgan fingerprint density at radius 1 is 1.14 bits per heavy atom. The molecule has 0 aliphatic heterocycles. The van der Waals surface area contributed by atoms with Gasteiger partial charge in [-0.3, -0.25) is 0 Å². The van der Waals surface area contributed by atoms with E-state index in [1.807, 2.05) is 6.92 Å². The quantitative estimate of drug-likeness (QED) is 0.717. The molecule has 2 nitrogen and oxygen atoms in total. The molecule has 0 amide bonds. The van der Waals surface area contributed by atoms with E-state index in [0.29, 0.717) is 12.0 Å². The topological polar surface area (TPSA) is 35.2 Å². The van der Waals surface area contributed by atoms with Crippen LogP contribution >= 0.6 is 0 Å². The Hall–Kier alpha value is -0.0800. The van der Waals surface area contributed by atoms with Crippen LogP contribution in [0.25, 0.3) is 0 Å². The van der Waals surface area contributed by atoms with Gasteiger partial charge in [0.2, 0.25) is 0 Å². The van der Waals surface area contributed by atoms with Crippen molar-refractivity contribution in [1.82, 2.24) is 0 Å². The summed E-state index contributed by atoms with van der Waals surface area (Å²) in [5.74, 6) is 0.691. The monoisotopic (exact) mass is 201 g/mol. The van der Waals surface area contributed by atoms with Gasteiger partial charge >= 0.3 is 0 Å². The average molecular weight is 201 g/mol. The van der Waals surface area contributed by atoms with Crippen molar-refractivity contribution in [3.8, 4) is 0 Å². The maximum atomic E-state index is 5.98. The van der Waals surface area contributed by atoms with E-state index in [1.54, 1.807) is 0 Å². The predicted molar refractivity (Wildman–Crippen MR) is 62.3 cm³/mol. The van der Waals surface area contributed by atoms with Gasteiger partial charge in [0, 0.05) is 6.04 Å². The van der Waals surface area contributed by atoms with Crippen LogP contribution in [-0.2, 0) is 4.74 Å². The Morgan fingerprint density at radius 3 is 2.00 bits per heavy atom. The maximum absolute atomic E-state index is 5.98. The summed E-state index contributed by atoms with van der Waals surface area (Å²) >= 11 is 0. The zero-order chi connectivity index (χ0) is 11.4. The molecule has 86 valence electrons. The largest absolute Gasteiger partial charge is 0.373 e. The molecule has 2 heteroatoms. The molecule has 0 rings (SSSR count). The van der Waals surface area contributed by atoms with Crippen molar-refractivity contribution in [2.75, 3.05) is 0 Å². The van der Waals surface area contributed by atoms with E-state index in [9.17, 15) is 0 Å². The van der Waals surface area contributed by atoms with Crippen molar-refractivity contribution in [2.45, 2.75) is 72.1 Å². The molecule has 0 radical (unpaired) electrons. The van der Waals surface area contributed by atoms with Crippen LogP contribution in [0.1, 0.15) is 54.4 Å². The van der Waals surface area contributed by atoms with Gasteiger partial charge in [0.25, 0.3) is 0 Å². The van der Waals surface area contributed by atoms with Crippen LogP contribution < -0.4 is 5.73 Å². The zero-order valence-electron chi connectivity index (χ0n) is 10.6. The molecule has 0 aromatic heterocycles. The van der Waals surface area contributed by atoms with E-state index in [1.165, 1.54) is 0 Å². The molecule has 2 unspecified atom stereocenters. The maximum Gasteiger partial charge on any atom is 0.0644 e. The highest BCUT2D eigenvalue weighted by Crippen LogP contribution is 2.21. The van der Waals surface area contributed by atoms with Gasteiger partial charge in [-0.2, -0.15) is 0 Å². The van der Waals surface area contributed by atoms with Crippen molar-refractivity contribution >= 4 is 0 Å². The van der Waals surface area contributed by atoms with Crippen molar-refractivity contribution < 1.29 is 4.74 Å². The fraction of sp³-hybridized carbons (Fsp3) is 1.00. The molecule has 0 fully saturated rings. The minimum Gasteiger partial charge on any atom is -0.373 e. The molecule has 2 N–H and O–H groups in total. The number of hydrogen-bond donors (Lipinski definition) is 1. The van der Waals surface area contributed by atoms with E-state index in [2.05, 4.69) is 34.6 Å². The first-order valence-electron chi connectivity index (χ1n) is 5.66. The van der Waals surface area contributed by atoms with Crippen LogP contribution in [0.2, 0.25) is 0 Å². The van der Waals surface area contributed by atoms with Gasteiger partial charge in [-0.05, 0) is 46.5 Å². The van der Waals surface area contributed by atoms with Gasteiger partial charge in [-0.1, -0.05) is 13.8 Å². The van der Waals surface area contributed by atoms with Gasteiger partial charge in [-0.25, -0.2) is 0 Å². The van der Waals surface area contributed by atoms with E-state index in [4.69, 9.17) is 10.5 Å². The summed E-state index contributed by atoms with van der Waals surface area (Å²) in [7, 11) is 0. The fourth-order valence-corrected chi connectivity index (χ4v) is 2.08. The highest BCUT2D eigenvalue weighted by Gasteiger charge is 2.23. The summed E-state index contributed by atoms with van der Waals surface area (Å²) in [6, 6.07) is 0.205. The minimum absolute atomic E-state index is 0.0948. The Morgan fingerprint density at radius 2 is 1.64 bits per heavy atom. The lowest BCUT2D eigenvalue weighted by Crippen LogP contribution is -2.35. The number of nitrogens with two attached hydrogens (primary N) is 1. The third-order valence-electron chi connectivity index (χ3n) is 2.14. The van der Waals surface area contributed by atoms with Gasteiger partial charge in [0.15, 0.2) is 0 Å².